The molecular weight excluding hydrogens is 408 g/mol. The highest BCUT2D eigenvalue weighted by molar-refractivity contribution is 7.12. The number of thiophene rings is 1. The molecule has 5 nitrogen and oxygen atoms in total. The van der Waals surface area contributed by atoms with Crippen LogP contribution in [0.15, 0.2) is 41.8 Å². The summed E-state index contributed by atoms with van der Waals surface area (Å²) >= 11 is 1.45. The number of nitrogens with zero attached hydrogens (tertiary/aromatic N) is 2. The highest BCUT2D eigenvalue weighted by Gasteiger charge is 2.38. The number of carbonyl (C=O) groups is 2. The Morgan fingerprint density at radius 2 is 1.84 bits per heavy atom. The van der Waals surface area contributed by atoms with Gasteiger partial charge in [-0.1, -0.05) is 18.2 Å². The number of carbonyl (C=O) groups excluding carboxylic acids is 2. The Balaban J connectivity index is 1.25. The fourth-order valence-electron chi connectivity index (χ4n) is 4.75. The predicted octanol–water partition coefficient (Wildman–Crippen LogP) is 4.62. The van der Waals surface area contributed by atoms with Crippen molar-refractivity contribution in [2.75, 3.05) is 26.2 Å². The van der Waals surface area contributed by atoms with Gasteiger partial charge in [0.2, 0.25) is 5.91 Å². The van der Waals surface area contributed by atoms with Gasteiger partial charge in [-0.05, 0) is 80.5 Å². The van der Waals surface area contributed by atoms with Crippen LogP contribution in [-0.4, -0.2) is 53.9 Å². The Kier molecular flexibility index (Phi) is 7.28. The molecule has 2 aromatic rings. The zero-order chi connectivity index (χ0) is 21.6. The van der Waals surface area contributed by atoms with Crippen LogP contribution in [0.3, 0.4) is 0 Å². The second-order valence-electron chi connectivity index (χ2n) is 8.52. The van der Waals surface area contributed by atoms with Gasteiger partial charge in [-0.2, -0.15) is 0 Å². The predicted molar refractivity (Wildman–Crippen MR) is 124 cm³/mol. The summed E-state index contributed by atoms with van der Waals surface area (Å²) in [4.78, 5) is 30.5. The second-order valence-corrected chi connectivity index (χ2v) is 9.47. The first-order chi connectivity index (χ1) is 15.2. The third-order valence-corrected chi connectivity index (χ3v) is 7.39. The monoisotopic (exact) mass is 440 g/mol. The molecule has 0 N–H and O–H groups in total. The Morgan fingerprint density at radius 1 is 1.06 bits per heavy atom. The van der Waals surface area contributed by atoms with Gasteiger partial charge >= 0.3 is 0 Å². The Bertz CT molecular complexity index is 857. The van der Waals surface area contributed by atoms with Crippen LogP contribution in [-0.2, 0) is 11.2 Å². The van der Waals surface area contributed by atoms with E-state index in [1.54, 1.807) is 4.90 Å². The summed E-state index contributed by atoms with van der Waals surface area (Å²) in [5.41, 5.74) is 1.34. The molecule has 2 fully saturated rings. The summed E-state index contributed by atoms with van der Waals surface area (Å²) in [5.74, 6) is 1.74. The van der Waals surface area contributed by atoms with E-state index in [0.717, 1.165) is 62.2 Å². The van der Waals surface area contributed by atoms with E-state index in [1.807, 2.05) is 41.5 Å². The molecule has 0 saturated carbocycles. The summed E-state index contributed by atoms with van der Waals surface area (Å²) in [7, 11) is 0. The molecule has 1 aromatic carbocycles. The van der Waals surface area contributed by atoms with Gasteiger partial charge in [0.1, 0.15) is 11.8 Å². The number of amides is 2. The molecule has 31 heavy (non-hydrogen) atoms. The van der Waals surface area contributed by atoms with Crippen LogP contribution >= 0.6 is 11.3 Å². The molecule has 0 radical (unpaired) electrons. The first-order valence-corrected chi connectivity index (χ1v) is 12.4. The lowest BCUT2D eigenvalue weighted by Gasteiger charge is -2.35. The molecule has 2 aliphatic heterocycles. The van der Waals surface area contributed by atoms with Crippen molar-refractivity contribution >= 4 is 23.2 Å². The molecule has 0 unspecified atom stereocenters. The lowest BCUT2D eigenvalue weighted by molar-refractivity contribution is -0.136. The van der Waals surface area contributed by atoms with Gasteiger partial charge in [0.15, 0.2) is 0 Å². The topological polar surface area (TPSA) is 49.9 Å². The van der Waals surface area contributed by atoms with Gasteiger partial charge in [0, 0.05) is 19.6 Å². The van der Waals surface area contributed by atoms with Crippen LogP contribution in [0, 0.1) is 5.92 Å². The fourth-order valence-corrected chi connectivity index (χ4v) is 5.43. The van der Waals surface area contributed by atoms with Gasteiger partial charge in [0.05, 0.1) is 11.5 Å². The maximum atomic E-state index is 13.2. The Morgan fingerprint density at radius 3 is 2.52 bits per heavy atom. The van der Waals surface area contributed by atoms with Crippen molar-refractivity contribution in [2.24, 2.45) is 5.92 Å². The van der Waals surface area contributed by atoms with E-state index < -0.39 is 0 Å². The van der Waals surface area contributed by atoms with Crippen LogP contribution < -0.4 is 4.74 Å². The van der Waals surface area contributed by atoms with Crippen molar-refractivity contribution in [3.05, 3.63) is 52.2 Å². The van der Waals surface area contributed by atoms with Gasteiger partial charge in [0.25, 0.3) is 5.91 Å². The van der Waals surface area contributed by atoms with Gasteiger partial charge in [-0.3, -0.25) is 9.59 Å². The molecule has 3 heterocycles. The fraction of sp³-hybridized carbons (Fsp3) is 0.520. The largest absolute Gasteiger partial charge is 0.494 e. The average Bonchev–Trinajstić information content (AvgIpc) is 3.51. The van der Waals surface area contributed by atoms with Crippen molar-refractivity contribution in [3.8, 4) is 5.75 Å². The van der Waals surface area contributed by atoms with Gasteiger partial charge < -0.3 is 14.5 Å². The van der Waals surface area contributed by atoms with E-state index in [9.17, 15) is 9.59 Å². The third-order valence-electron chi connectivity index (χ3n) is 6.53. The highest BCUT2D eigenvalue weighted by Crippen LogP contribution is 2.27. The second kappa shape index (κ2) is 10.3. The van der Waals surface area contributed by atoms with Crippen LogP contribution in [0.2, 0.25) is 0 Å². The molecular formula is C25H32N2O3S. The number of benzene rings is 1. The molecule has 0 bridgehead atoms. The Hall–Kier alpha value is -2.34. The molecule has 1 aromatic heterocycles. The lowest BCUT2D eigenvalue weighted by Crippen LogP contribution is -2.49. The van der Waals surface area contributed by atoms with Gasteiger partial charge in [-0.25, -0.2) is 0 Å². The first kappa shape index (κ1) is 21.9. The van der Waals surface area contributed by atoms with Crippen molar-refractivity contribution in [1.82, 2.24) is 9.80 Å². The minimum atomic E-state index is -0.282. The number of hydrogen-bond acceptors (Lipinski definition) is 4. The van der Waals surface area contributed by atoms with E-state index in [1.165, 1.54) is 16.9 Å². The highest BCUT2D eigenvalue weighted by atomic mass is 32.1. The zero-order valence-corrected chi connectivity index (χ0v) is 19.1. The lowest BCUT2D eigenvalue weighted by atomic mass is 9.90. The van der Waals surface area contributed by atoms with E-state index in [-0.39, 0.29) is 17.9 Å². The van der Waals surface area contributed by atoms with Crippen molar-refractivity contribution in [1.29, 1.82) is 0 Å². The summed E-state index contributed by atoms with van der Waals surface area (Å²) in [6, 6.07) is 11.9. The quantitative estimate of drug-likeness (QED) is 0.631. The average molecular weight is 441 g/mol. The Labute approximate surface area is 189 Å². The summed E-state index contributed by atoms with van der Waals surface area (Å²) < 4.78 is 5.51. The van der Waals surface area contributed by atoms with E-state index in [2.05, 4.69) is 12.1 Å². The number of aryl methyl sites for hydroxylation is 1. The molecule has 0 spiro atoms. The van der Waals surface area contributed by atoms with Crippen LogP contribution in [0.5, 0.6) is 5.75 Å². The molecule has 4 rings (SSSR count). The smallest absolute Gasteiger partial charge is 0.264 e. The molecule has 2 amide bonds. The molecule has 6 heteroatoms. The van der Waals surface area contributed by atoms with E-state index in [4.69, 9.17) is 4.74 Å². The van der Waals surface area contributed by atoms with Crippen molar-refractivity contribution in [3.63, 3.8) is 0 Å². The third kappa shape index (κ3) is 5.29. The molecule has 0 aliphatic carbocycles. The number of ether oxygens (including phenoxy) is 1. The van der Waals surface area contributed by atoms with E-state index in [0.29, 0.717) is 19.1 Å². The minimum Gasteiger partial charge on any atom is -0.494 e. The maximum absolute atomic E-state index is 13.2. The summed E-state index contributed by atoms with van der Waals surface area (Å²) in [6.45, 7) is 4.99. The zero-order valence-electron chi connectivity index (χ0n) is 18.3. The number of likely N-dealkylation sites (tertiary alicyclic amines) is 2. The first-order valence-electron chi connectivity index (χ1n) is 11.5. The van der Waals surface area contributed by atoms with E-state index >= 15 is 0 Å². The SMILES string of the molecule is CCOc1ccc(CCC2CCN(C(=O)[C@H]3CCCN3C(=O)c3cccs3)CC2)cc1. The number of hydrogen-bond donors (Lipinski definition) is 0. The molecule has 2 saturated heterocycles. The van der Waals surface area contributed by atoms with Crippen LogP contribution in [0.1, 0.15) is 54.3 Å². The molecule has 1 atom stereocenters. The van der Waals surface area contributed by atoms with Crippen molar-refractivity contribution in [2.45, 2.75) is 51.5 Å². The summed E-state index contributed by atoms with van der Waals surface area (Å²) in [5, 5.41) is 1.91. The normalized spacial score (nSPS) is 19.6. The number of rotatable bonds is 7. The minimum absolute atomic E-state index is 0.0103. The standard InChI is InChI=1S/C25H32N2O3S/c1-2-30-21-11-9-19(10-12-21)7-8-20-13-16-26(17-14-20)24(28)22-5-3-15-27(22)25(29)23-6-4-18-31-23/h4,6,9-12,18,20,22H,2-3,5,7-8,13-17H2,1H3/t22-/m1/s1. The molecule has 2 aliphatic rings. The maximum Gasteiger partial charge on any atom is 0.264 e. The van der Waals surface area contributed by atoms with Gasteiger partial charge in [-0.15, -0.1) is 11.3 Å². The summed E-state index contributed by atoms with van der Waals surface area (Å²) in [6.07, 6.45) is 6.02. The molecule has 166 valence electrons. The van der Waals surface area contributed by atoms with Crippen LogP contribution in [0.25, 0.3) is 0 Å². The van der Waals surface area contributed by atoms with Crippen LogP contribution in [0.4, 0.5) is 0 Å². The number of piperidine rings is 1. The van der Waals surface area contributed by atoms with Crippen molar-refractivity contribution < 1.29 is 14.3 Å².